The second-order valence-corrected chi connectivity index (χ2v) is 4.01. The molecule has 4 nitrogen and oxygen atoms in total. The highest BCUT2D eigenvalue weighted by atomic mass is 19.4. The minimum Gasteiger partial charge on any atom is -0.341 e. The van der Waals surface area contributed by atoms with Crippen LogP contribution in [0.3, 0.4) is 0 Å². The Morgan fingerprint density at radius 3 is 2.44 bits per heavy atom. The van der Waals surface area contributed by atoms with E-state index in [1.54, 1.807) is 13.8 Å². The summed E-state index contributed by atoms with van der Waals surface area (Å²) in [6, 6.07) is 0.220. The van der Waals surface area contributed by atoms with Crippen LogP contribution in [0.1, 0.15) is 30.9 Å². The molecule has 0 spiro atoms. The van der Waals surface area contributed by atoms with E-state index in [9.17, 15) is 18.0 Å². The largest absolute Gasteiger partial charge is 0.416 e. The number of rotatable bonds is 2. The van der Waals surface area contributed by atoms with Crippen molar-refractivity contribution < 1.29 is 18.0 Å². The molecule has 0 aromatic carbocycles. The van der Waals surface area contributed by atoms with E-state index in [0.29, 0.717) is 0 Å². The average Bonchev–Trinajstić information content (AvgIpc) is 2.27. The van der Waals surface area contributed by atoms with Crippen LogP contribution in [0, 0.1) is 0 Å². The summed E-state index contributed by atoms with van der Waals surface area (Å²) < 4.78 is 38.6. The van der Waals surface area contributed by atoms with Gasteiger partial charge in [-0.2, -0.15) is 13.2 Å². The molecule has 1 heterocycles. The van der Waals surface area contributed by atoms with E-state index in [4.69, 9.17) is 0 Å². The highest BCUT2D eigenvalue weighted by molar-refractivity contribution is 5.88. The van der Waals surface area contributed by atoms with E-state index >= 15 is 0 Å². The molecule has 1 rings (SSSR count). The number of hydrogen-bond donors (Lipinski definition) is 2. The van der Waals surface area contributed by atoms with Crippen LogP contribution in [0.2, 0.25) is 0 Å². The van der Waals surface area contributed by atoms with Crippen LogP contribution in [0.5, 0.6) is 0 Å². The van der Waals surface area contributed by atoms with Crippen LogP contribution in [0.25, 0.3) is 0 Å². The number of pyridine rings is 1. The SMILES string of the molecule is CNC(=O)Nc1cc(C(F)(F)F)c(C(C)C)cn1. The lowest BCUT2D eigenvalue weighted by Gasteiger charge is -2.16. The maximum absolute atomic E-state index is 12.9. The molecule has 0 atom stereocenters. The number of carbonyl (C=O) groups excluding carboxylic acids is 1. The lowest BCUT2D eigenvalue weighted by Crippen LogP contribution is -2.25. The first kappa shape index (κ1) is 14.3. The Kier molecular flexibility index (Phi) is 4.15. The molecule has 0 aliphatic rings. The van der Waals surface area contributed by atoms with Crippen molar-refractivity contribution in [3.63, 3.8) is 0 Å². The van der Waals surface area contributed by atoms with Crippen LogP contribution in [-0.4, -0.2) is 18.1 Å². The van der Waals surface area contributed by atoms with Gasteiger partial charge in [-0.25, -0.2) is 9.78 Å². The Bertz CT molecular complexity index is 444. The number of alkyl halides is 3. The minimum atomic E-state index is -4.47. The van der Waals surface area contributed by atoms with Gasteiger partial charge >= 0.3 is 12.2 Å². The molecule has 0 radical (unpaired) electrons. The summed E-state index contributed by atoms with van der Waals surface area (Å²) in [7, 11) is 1.36. The lowest BCUT2D eigenvalue weighted by molar-refractivity contribution is -0.138. The topological polar surface area (TPSA) is 54.0 Å². The normalized spacial score (nSPS) is 11.5. The van der Waals surface area contributed by atoms with Gasteiger partial charge in [0.25, 0.3) is 0 Å². The number of nitrogens with one attached hydrogen (secondary N) is 2. The Balaban J connectivity index is 3.18. The van der Waals surface area contributed by atoms with Crippen LogP contribution in [0.15, 0.2) is 12.3 Å². The molecule has 2 amide bonds. The van der Waals surface area contributed by atoms with Gasteiger partial charge < -0.3 is 5.32 Å². The monoisotopic (exact) mass is 261 g/mol. The summed E-state index contributed by atoms with van der Waals surface area (Å²) in [4.78, 5) is 14.8. The van der Waals surface area contributed by atoms with Crippen LogP contribution >= 0.6 is 0 Å². The second-order valence-electron chi connectivity index (χ2n) is 4.01. The van der Waals surface area contributed by atoms with Crippen LogP contribution < -0.4 is 10.6 Å². The summed E-state index contributed by atoms with van der Waals surface area (Å²) >= 11 is 0. The van der Waals surface area contributed by atoms with Gasteiger partial charge in [-0.1, -0.05) is 13.8 Å². The molecule has 1 aromatic rings. The standard InChI is InChI=1S/C11H14F3N3O/c1-6(2)7-5-16-9(17-10(18)15-3)4-8(7)11(12,13)14/h4-6H,1-3H3,(H2,15,16,17,18). The number of urea groups is 1. The van der Waals surface area contributed by atoms with Crippen molar-refractivity contribution in [1.29, 1.82) is 0 Å². The van der Waals surface area contributed by atoms with Crippen molar-refractivity contribution in [3.8, 4) is 0 Å². The summed E-state index contributed by atoms with van der Waals surface area (Å²) in [6.07, 6.45) is -3.33. The van der Waals surface area contributed by atoms with Gasteiger partial charge in [-0.15, -0.1) is 0 Å². The van der Waals surface area contributed by atoms with Gasteiger partial charge in [0.1, 0.15) is 5.82 Å². The molecular weight excluding hydrogens is 247 g/mol. The van der Waals surface area contributed by atoms with Gasteiger partial charge in [0.15, 0.2) is 0 Å². The van der Waals surface area contributed by atoms with E-state index in [1.807, 2.05) is 0 Å². The third kappa shape index (κ3) is 3.35. The highest BCUT2D eigenvalue weighted by Gasteiger charge is 2.34. The van der Waals surface area contributed by atoms with E-state index < -0.39 is 17.8 Å². The number of anilines is 1. The first-order valence-electron chi connectivity index (χ1n) is 5.31. The molecule has 100 valence electrons. The van der Waals surface area contributed by atoms with Gasteiger partial charge in [-0.3, -0.25) is 5.32 Å². The maximum Gasteiger partial charge on any atom is 0.416 e. The molecule has 0 fully saturated rings. The second kappa shape index (κ2) is 5.24. The third-order valence-corrected chi connectivity index (χ3v) is 2.33. The Hall–Kier alpha value is -1.79. The van der Waals surface area contributed by atoms with Gasteiger partial charge in [0.05, 0.1) is 5.56 Å². The zero-order valence-corrected chi connectivity index (χ0v) is 10.2. The van der Waals surface area contributed by atoms with E-state index in [1.165, 1.54) is 7.05 Å². The average molecular weight is 261 g/mol. The van der Waals surface area contributed by atoms with Crippen LogP contribution in [0.4, 0.5) is 23.8 Å². The predicted molar refractivity (Wildman–Crippen MR) is 61.4 cm³/mol. The smallest absolute Gasteiger partial charge is 0.341 e. The summed E-state index contributed by atoms with van der Waals surface area (Å²) in [5.74, 6) is -0.436. The lowest BCUT2D eigenvalue weighted by atomic mass is 9.99. The molecule has 1 aromatic heterocycles. The molecule has 7 heteroatoms. The molecule has 0 unspecified atom stereocenters. The zero-order valence-electron chi connectivity index (χ0n) is 10.2. The molecule has 0 bridgehead atoms. The summed E-state index contributed by atoms with van der Waals surface area (Å²) in [5.41, 5.74) is -0.677. The number of aromatic nitrogens is 1. The first-order valence-corrected chi connectivity index (χ1v) is 5.31. The zero-order chi connectivity index (χ0) is 13.9. The predicted octanol–water partition coefficient (Wildman–Crippen LogP) is 2.98. The van der Waals surface area contributed by atoms with Gasteiger partial charge in [-0.05, 0) is 17.5 Å². The molecule has 0 saturated heterocycles. The van der Waals surface area contributed by atoms with E-state index in [2.05, 4.69) is 15.6 Å². The molecular formula is C11H14F3N3O. The first-order chi connectivity index (χ1) is 8.25. The molecule has 0 saturated carbocycles. The summed E-state index contributed by atoms with van der Waals surface area (Å²) in [6.45, 7) is 3.30. The van der Waals surface area contributed by atoms with Crippen molar-refractivity contribution in [2.45, 2.75) is 25.9 Å². The van der Waals surface area contributed by atoms with Gasteiger partial charge in [0, 0.05) is 13.2 Å². The molecule has 0 aliphatic heterocycles. The fourth-order valence-electron chi connectivity index (χ4n) is 1.42. The number of nitrogens with zero attached hydrogens (tertiary/aromatic N) is 1. The van der Waals surface area contributed by atoms with Crippen LogP contribution in [-0.2, 0) is 6.18 Å². The Morgan fingerprint density at radius 2 is 2.00 bits per heavy atom. The van der Waals surface area contributed by atoms with Crippen molar-refractivity contribution in [2.75, 3.05) is 12.4 Å². The van der Waals surface area contributed by atoms with Crippen molar-refractivity contribution in [3.05, 3.63) is 23.4 Å². The number of amides is 2. The third-order valence-electron chi connectivity index (χ3n) is 2.33. The van der Waals surface area contributed by atoms with Crippen molar-refractivity contribution in [1.82, 2.24) is 10.3 Å². The Labute approximate surface area is 103 Å². The van der Waals surface area contributed by atoms with E-state index in [-0.39, 0.29) is 17.3 Å². The highest BCUT2D eigenvalue weighted by Crippen LogP contribution is 2.35. The summed E-state index contributed by atoms with van der Waals surface area (Å²) in [5, 5.41) is 4.45. The molecule has 2 N–H and O–H groups in total. The quantitative estimate of drug-likeness (QED) is 0.859. The fraction of sp³-hybridized carbons (Fsp3) is 0.455. The molecule has 0 aliphatic carbocycles. The number of carbonyl (C=O) groups is 1. The fourth-order valence-corrected chi connectivity index (χ4v) is 1.42. The Morgan fingerprint density at radius 1 is 1.39 bits per heavy atom. The maximum atomic E-state index is 12.9. The minimum absolute atomic E-state index is 0.102. The van der Waals surface area contributed by atoms with Crippen molar-refractivity contribution >= 4 is 11.8 Å². The number of halogens is 3. The number of hydrogen-bond acceptors (Lipinski definition) is 2. The molecule has 18 heavy (non-hydrogen) atoms. The van der Waals surface area contributed by atoms with E-state index in [0.717, 1.165) is 12.3 Å². The van der Waals surface area contributed by atoms with Crippen molar-refractivity contribution in [2.24, 2.45) is 0 Å². The van der Waals surface area contributed by atoms with Gasteiger partial charge in [0.2, 0.25) is 0 Å².